The van der Waals surface area contributed by atoms with Crippen LogP contribution in [0, 0.1) is 59.6 Å². The van der Waals surface area contributed by atoms with Gasteiger partial charge in [-0.1, -0.05) is 367 Å². The minimum Gasteiger partial charge on any atom is -0.352 e. The summed E-state index contributed by atoms with van der Waals surface area (Å²) in [4.78, 5) is 141. The average molecular weight is 2040 g/mol. The summed E-state index contributed by atoms with van der Waals surface area (Å²) in [6, 6.07) is 67.7. The molecule has 149 heavy (non-hydrogen) atoms. The third-order valence-electron chi connectivity index (χ3n) is 23.9. The highest BCUT2D eigenvalue weighted by Crippen LogP contribution is 2.32. The molecule has 17 nitrogen and oxygen atoms in total. The van der Waals surface area contributed by atoms with Crippen LogP contribution in [0.5, 0.6) is 0 Å². The highest BCUT2D eigenvalue weighted by atomic mass is 16.2. The zero-order chi connectivity index (χ0) is 113. The van der Waals surface area contributed by atoms with Crippen molar-refractivity contribution in [3.8, 4) is 0 Å². The molecule has 0 radical (unpaired) electrons. The van der Waals surface area contributed by atoms with E-state index < -0.39 is 0 Å². The van der Waals surface area contributed by atoms with Crippen molar-refractivity contribution < 1.29 is 47.9 Å². The lowest BCUT2D eigenvalue weighted by molar-refractivity contribution is -0.130. The van der Waals surface area contributed by atoms with Gasteiger partial charge in [0.1, 0.15) is 52.0 Å². The standard InChI is InChI=1S/C17H27NO.C16H24O.2C15H22O.3C12H17NO.3C11H15NO/c1-16(2,3)11-12-17(4,5)15(19)18-13-14-9-7-6-8-10-14;1-16(2,3)13-12-15(17)11-7-10-14-8-5-4-6-9-14;1-15(2,3)12-14(16)11-7-10-13-8-5-4-6-9-13;1-15(2,3)12-11-14(16)10-9-13-7-5-4-6-8-13;1-12(2,3)11(14)5-4-10-6-8-13-9-7-10;1-12(2,3)11(14)7-6-10-5-4-8-13-9-10;1-12(2,3)11(14)8-7-10-6-4-5-9-13-10;1-11(2,3)10(13)8-9-4-6-12-7-5-9;1-11(2,3)10(13)7-9-5-4-6-12-8-9;1-11(2,3)10(13)8-9-6-4-5-7-12-9/h6-10H,11-13H2,1-5H3,(H,18,19);4-6,8-9H,7,10-13H2,1-3H3;4-6,8-9H,7,10-12H2,1-3H3;4-8H,9-12H2,1-3H3;6-9H,4-5H2,1-3H3;4-5,8-9H,6-7H2,1-3H3;4-6,9H,7-8H2,1-3H3;4-7H,8H2,1-3H3;4-6,8H,7H2,1-3H3;4-7H,8H2,1-3H3. The Kier molecular flexibility index (Phi) is 62.5. The second-order valence-corrected chi connectivity index (χ2v) is 50.4. The van der Waals surface area contributed by atoms with Crippen molar-refractivity contribution >= 4 is 58.0 Å². The quantitative estimate of drug-likeness (QED) is 0.0383. The van der Waals surface area contributed by atoms with Crippen molar-refractivity contribution in [1.82, 2.24) is 35.2 Å². The number of nitrogens with zero attached hydrogens (tertiary/aromatic N) is 6. The highest BCUT2D eigenvalue weighted by molar-refractivity contribution is 5.88. The van der Waals surface area contributed by atoms with Gasteiger partial charge in [-0.15, -0.1) is 0 Å². The second kappa shape index (κ2) is 68.9. The van der Waals surface area contributed by atoms with E-state index in [2.05, 4.69) is 167 Å². The van der Waals surface area contributed by atoms with Crippen LogP contribution in [0.2, 0.25) is 0 Å². The number of amides is 1. The van der Waals surface area contributed by atoms with Crippen LogP contribution in [-0.4, -0.2) is 87.9 Å². The Morgan fingerprint density at radius 3 is 0.893 bits per heavy atom. The van der Waals surface area contributed by atoms with Gasteiger partial charge < -0.3 is 5.32 Å². The number of hydrogen-bond acceptors (Lipinski definition) is 16. The van der Waals surface area contributed by atoms with E-state index in [1.807, 2.05) is 302 Å². The molecule has 6 aromatic heterocycles. The minimum atomic E-state index is -0.304. The lowest BCUT2D eigenvalue weighted by Gasteiger charge is -2.28. The molecular weight excluding hydrogens is 1840 g/mol. The molecule has 10 rings (SSSR count). The minimum absolute atomic E-state index is 0.129. The lowest BCUT2D eigenvalue weighted by Crippen LogP contribution is -2.37. The molecule has 0 aliphatic rings. The summed E-state index contributed by atoms with van der Waals surface area (Å²) in [5.41, 5.74) is 10.4. The van der Waals surface area contributed by atoms with E-state index >= 15 is 0 Å². The largest absolute Gasteiger partial charge is 0.352 e. The van der Waals surface area contributed by atoms with E-state index in [1.165, 1.54) is 22.3 Å². The van der Waals surface area contributed by atoms with Gasteiger partial charge in [0.05, 0.1) is 0 Å². The van der Waals surface area contributed by atoms with E-state index in [0.717, 1.165) is 130 Å². The van der Waals surface area contributed by atoms with E-state index in [1.54, 1.807) is 55.8 Å². The van der Waals surface area contributed by atoms with Gasteiger partial charge in [-0.2, -0.15) is 0 Å². The summed E-state index contributed by atoms with van der Waals surface area (Å²) in [7, 11) is 0. The predicted octanol–water partition coefficient (Wildman–Crippen LogP) is 31.2. The van der Waals surface area contributed by atoms with Crippen molar-refractivity contribution in [2.24, 2.45) is 59.6 Å². The molecule has 0 saturated carbocycles. The van der Waals surface area contributed by atoms with E-state index in [-0.39, 0.29) is 82.8 Å². The number of aryl methyl sites for hydroxylation is 6. The fourth-order valence-corrected chi connectivity index (χ4v) is 13.3. The second-order valence-electron chi connectivity index (χ2n) is 50.4. The van der Waals surface area contributed by atoms with Crippen LogP contribution in [0.25, 0.3) is 0 Å². The monoisotopic (exact) mass is 2030 g/mol. The molecule has 0 aliphatic carbocycles. The number of ketones is 9. The van der Waals surface area contributed by atoms with Crippen molar-refractivity contribution in [3.63, 3.8) is 0 Å². The molecule has 0 unspecified atom stereocenters. The first kappa shape index (κ1) is 135. The zero-order valence-electron chi connectivity index (χ0n) is 97.8. The third-order valence-corrected chi connectivity index (χ3v) is 23.9. The van der Waals surface area contributed by atoms with Gasteiger partial charge in [0.2, 0.25) is 5.91 Å². The Balaban J connectivity index is 0.000000829. The molecule has 1 N–H and O–H groups in total. The molecule has 0 saturated heterocycles. The first-order valence-corrected chi connectivity index (χ1v) is 53.7. The first-order valence-electron chi connectivity index (χ1n) is 53.7. The van der Waals surface area contributed by atoms with Crippen LogP contribution < -0.4 is 5.32 Å². The summed E-state index contributed by atoms with van der Waals surface area (Å²) >= 11 is 0. The molecule has 4 aromatic carbocycles. The average Bonchev–Trinajstić information content (AvgIpc) is 0.866. The van der Waals surface area contributed by atoms with E-state index in [0.29, 0.717) is 99.0 Å². The van der Waals surface area contributed by atoms with Crippen LogP contribution in [0.15, 0.2) is 268 Å². The molecule has 6 heterocycles. The Bertz CT molecular complexity index is 5070. The summed E-state index contributed by atoms with van der Waals surface area (Å²) in [5, 5.41) is 3.04. The molecule has 0 atom stereocenters. The van der Waals surface area contributed by atoms with Gasteiger partial charge in [-0.25, -0.2) is 0 Å². The van der Waals surface area contributed by atoms with Crippen LogP contribution >= 0.6 is 0 Å². The van der Waals surface area contributed by atoms with Gasteiger partial charge in [-0.05, 0) is 204 Å². The molecule has 10 aromatic rings. The third kappa shape index (κ3) is 73.2. The summed E-state index contributed by atoms with van der Waals surface area (Å²) in [5.74, 6) is 2.99. The summed E-state index contributed by atoms with van der Waals surface area (Å²) < 4.78 is 0. The molecule has 814 valence electrons. The number of nitrogens with one attached hydrogen (secondary N) is 1. The van der Waals surface area contributed by atoms with Crippen LogP contribution in [-0.2, 0) is 112 Å². The predicted molar refractivity (Wildman–Crippen MR) is 619 cm³/mol. The maximum absolute atomic E-state index is 12.2. The van der Waals surface area contributed by atoms with Crippen LogP contribution in [0.1, 0.15) is 374 Å². The first-order chi connectivity index (χ1) is 69.1. The maximum atomic E-state index is 12.2. The number of Topliss-reactive ketones (excluding diaryl/α,β-unsaturated/α-hetero) is 9. The van der Waals surface area contributed by atoms with Crippen LogP contribution in [0.3, 0.4) is 0 Å². The molecule has 0 aliphatic heterocycles. The maximum Gasteiger partial charge on any atom is 0.225 e. The Morgan fingerprint density at radius 1 is 0.221 bits per heavy atom. The summed E-state index contributed by atoms with van der Waals surface area (Å²) in [6.07, 6.45) is 36.1. The van der Waals surface area contributed by atoms with E-state index in [9.17, 15) is 47.9 Å². The Hall–Kier alpha value is -11.7. The van der Waals surface area contributed by atoms with Gasteiger partial charge in [0.25, 0.3) is 0 Å². The molecule has 0 fully saturated rings. The van der Waals surface area contributed by atoms with Crippen molar-refractivity contribution in [1.29, 1.82) is 0 Å². The zero-order valence-corrected chi connectivity index (χ0v) is 97.8. The van der Waals surface area contributed by atoms with Crippen molar-refractivity contribution in [2.75, 3.05) is 0 Å². The van der Waals surface area contributed by atoms with Crippen molar-refractivity contribution in [3.05, 3.63) is 324 Å². The normalized spacial score (nSPS) is 11.5. The topological polar surface area (TPSA) is 260 Å². The van der Waals surface area contributed by atoms with Gasteiger partial charge in [-0.3, -0.25) is 77.8 Å². The molecule has 1 amide bonds. The fraction of sp³-hybridized carbons (Fsp3) is 0.515. The Morgan fingerprint density at radius 2 is 0.530 bits per heavy atom. The number of aromatic nitrogens is 6. The smallest absolute Gasteiger partial charge is 0.225 e. The molecular formula is C132H191N7O10. The molecule has 0 spiro atoms. The van der Waals surface area contributed by atoms with Crippen LogP contribution in [0.4, 0.5) is 0 Å². The highest BCUT2D eigenvalue weighted by Gasteiger charge is 2.31. The van der Waals surface area contributed by atoms with Gasteiger partial charge in [0, 0.05) is 195 Å². The number of benzene rings is 4. The lowest BCUT2D eigenvalue weighted by atomic mass is 9.79. The number of hydrogen-bond donors (Lipinski definition) is 1. The fourth-order valence-electron chi connectivity index (χ4n) is 13.3. The van der Waals surface area contributed by atoms with Crippen molar-refractivity contribution in [2.45, 2.75) is 382 Å². The number of rotatable bonds is 36. The Labute approximate surface area is 901 Å². The van der Waals surface area contributed by atoms with E-state index in [4.69, 9.17) is 0 Å². The number of carbonyl (C=O) groups is 10. The molecule has 0 bridgehead atoms. The number of pyridine rings is 6. The molecule has 17 heteroatoms. The number of carbonyl (C=O) groups excluding carboxylic acids is 10. The summed E-state index contributed by atoms with van der Waals surface area (Å²) in [6.45, 7) is 65.8. The SMILES string of the molecule is CC(C)(C)C(=O)CCc1ccccn1.CC(C)(C)C(=O)CCc1cccnc1.CC(C)(C)C(=O)CCc1ccncc1.CC(C)(C)C(=O)Cc1ccccn1.CC(C)(C)C(=O)Cc1cccnc1.CC(C)(C)C(=O)Cc1ccncc1.CC(C)(C)CC(=O)CCCc1ccccc1.CC(C)(C)CCC(=O)CCCc1ccccc1.CC(C)(C)CCC(=O)CCc1ccccc1.CC(C)(C)CCC(C)(C)C(=O)NCc1ccccc1. The van der Waals surface area contributed by atoms with Gasteiger partial charge in [0.15, 0.2) is 0 Å². The van der Waals surface area contributed by atoms with Gasteiger partial charge >= 0.3 is 0 Å².